The number of nitrogens with one attached hydrogen (secondary N) is 2. The fraction of sp³-hybridized carbons (Fsp3) is 0.250. The van der Waals surface area contributed by atoms with Gasteiger partial charge in [-0.25, -0.2) is 18.1 Å². The van der Waals surface area contributed by atoms with Gasteiger partial charge in [0.2, 0.25) is 10.0 Å². The minimum Gasteiger partial charge on any atom is -0.321 e. The Morgan fingerprint density at radius 3 is 2.43 bits per heavy atom. The largest absolute Gasteiger partial charge is 0.321 e. The smallest absolute Gasteiger partial charge is 0.274 e. The maximum Gasteiger partial charge on any atom is 0.274 e. The second-order valence-corrected chi connectivity index (χ2v) is 6.81. The van der Waals surface area contributed by atoms with Crippen LogP contribution < -0.4 is 10.0 Å². The maximum atomic E-state index is 12.1. The molecule has 2 N–H and O–H groups in total. The summed E-state index contributed by atoms with van der Waals surface area (Å²) in [7, 11) is -3.50. The van der Waals surface area contributed by atoms with Gasteiger partial charge in [-0.05, 0) is 49.7 Å². The Balaban J connectivity index is 2.10. The summed E-state index contributed by atoms with van der Waals surface area (Å²) in [6.07, 6.45) is 0.719. The summed E-state index contributed by atoms with van der Waals surface area (Å²) in [5.74, 6) is -0.339. The number of nitrogens with zero attached hydrogens (tertiary/aromatic N) is 1. The van der Waals surface area contributed by atoms with E-state index in [9.17, 15) is 13.2 Å². The number of aryl methyl sites for hydroxylation is 1. The highest BCUT2D eigenvalue weighted by molar-refractivity contribution is 7.89. The van der Waals surface area contributed by atoms with E-state index in [0.29, 0.717) is 17.9 Å². The predicted octanol–water partition coefficient (Wildman–Crippen LogP) is 2.33. The minimum absolute atomic E-state index is 0.164. The van der Waals surface area contributed by atoms with E-state index in [0.717, 1.165) is 12.1 Å². The van der Waals surface area contributed by atoms with Crippen molar-refractivity contribution in [2.75, 3.05) is 11.9 Å². The average molecular weight is 333 g/mol. The molecule has 0 bridgehead atoms. The SMILES string of the molecule is CCCNS(=O)(=O)c1ccc(NC(=O)c2cccc(C)n2)cc1. The van der Waals surface area contributed by atoms with E-state index < -0.39 is 10.0 Å². The number of aromatic nitrogens is 1. The molecule has 0 atom stereocenters. The van der Waals surface area contributed by atoms with E-state index >= 15 is 0 Å². The van der Waals surface area contributed by atoms with Gasteiger partial charge in [0.15, 0.2) is 0 Å². The van der Waals surface area contributed by atoms with Crippen molar-refractivity contribution >= 4 is 21.6 Å². The molecule has 23 heavy (non-hydrogen) atoms. The Morgan fingerprint density at radius 1 is 1.13 bits per heavy atom. The van der Waals surface area contributed by atoms with Gasteiger partial charge in [-0.3, -0.25) is 4.79 Å². The molecule has 0 aliphatic heterocycles. The molecular formula is C16H19N3O3S. The molecule has 1 aromatic carbocycles. The second-order valence-electron chi connectivity index (χ2n) is 5.04. The van der Waals surface area contributed by atoms with E-state index in [1.165, 1.54) is 12.1 Å². The minimum atomic E-state index is -3.50. The van der Waals surface area contributed by atoms with Gasteiger partial charge in [-0.1, -0.05) is 13.0 Å². The lowest BCUT2D eigenvalue weighted by Crippen LogP contribution is -2.24. The molecule has 2 aromatic rings. The van der Waals surface area contributed by atoms with Crippen molar-refractivity contribution in [3.63, 3.8) is 0 Å². The van der Waals surface area contributed by atoms with Crippen LogP contribution in [0.25, 0.3) is 0 Å². The molecule has 122 valence electrons. The van der Waals surface area contributed by atoms with Gasteiger partial charge in [0.05, 0.1) is 4.90 Å². The van der Waals surface area contributed by atoms with E-state index in [2.05, 4.69) is 15.0 Å². The van der Waals surface area contributed by atoms with E-state index in [1.54, 1.807) is 37.3 Å². The molecule has 6 nitrogen and oxygen atoms in total. The molecule has 1 amide bonds. The van der Waals surface area contributed by atoms with Gasteiger partial charge in [-0.15, -0.1) is 0 Å². The molecular weight excluding hydrogens is 314 g/mol. The average Bonchev–Trinajstić information content (AvgIpc) is 2.53. The quantitative estimate of drug-likeness (QED) is 0.849. The van der Waals surface area contributed by atoms with Crippen LogP contribution in [0.5, 0.6) is 0 Å². The highest BCUT2D eigenvalue weighted by atomic mass is 32.2. The van der Waals surface area contributed by atoms with Crippen molar-refractivity contribution < 1.29 is 13.2 Å². The Labute approximate surface area is 136 Å². The molecule has 0 aliphatic carbocycles. The van der Waals surface area contributed by atoms with Crippen LogP contribution in [0.15, 0.2) is 47.4 Å². The molecule has 0 fully saturated rings. The van der Waals surface area contributed by atoms with Crippen molar-refractivity contribution in [2.45, 2.75) is 25.2 Å². The number of carbonyl (C=O) groups excluding carboxylic acids is 1. The van der Waals surface area contributed by atoms with Crippen LogP contribution in [0.1, 0.15) is 29.5 Å². The lowest BCUT2D eigenvalue weighted by atomic mass is 10.2. The third kappa shape index (κ3) is 4.61. The van der Waals surface area contributed by atoms with Crippen molar-refractivity contribution in [3.05, 3.63) is 53.9 Å². The molecule has 1 heterocycles. The summed E-state index contributed by atoms with van der Waals surface area (Å²) < 4.78 is 26.4. The Hall–Kier alpha value is -2.25. The third-order valence-corrected chi connectivity index (χ3v) is 4.56. The summed E-state index contributed by atoms with van der Waals surface area (Å²) in [4.78, 5) is 16.4. The van der Waals surface area contributed by atoms with Gasteiger partial charge in [0.1, 0.15) is 5.69 Å². The molecule has 2 rings (SSSR count). The lowest BCUT2D eigenvalue weighted by molar-refractivity contribution is 0.102. The summed E-state index contributed by atoms with van der Waals surface area (Å²) in [6, 6.07) is 11.2. The number of amides is 1. The number of hydrogen-bond acceptors (Lipinski definition) is 4. The fourth-order valence-corrected chi connectivity index (χ4v) is 3.04. The monoisotopic (exact) mass is 333 g/mol. The molecule has 0 saturated heterocycles. The fourth-order valence-electron chi connectivity index (χ4n) is 1.90. The first kappa shape index (κ1) is 17.1. The summed E-state index contributed by atoms with van der Waals surface area (Å²) in [6.45, 7) is 4.08. The number of pyridine rings is 1. The Kier molecular flexibility index (Phi) is 5.46. The predicted molar refractivity (Wildman–Crippen MR) is 88.8 cm³/mol. The number of sulfonamides is 1. The first-order chi connectivity index (χ1) is 10.9. The van der Waals surface area contributed by atoms with Crippen molar-refractivity contribution in [2.24, 2.45) is 0 Å². The highest BCUT2D eigenvalue weighted by Gasteiger charge is 2.13. The first-order valence-corrected chi connectivity index (χ1v) is 8.75. The standard InChI is InChI=1S/C16H19N3O3S/c1-3-11-17-23(21,22)14-9-7-13(8-10-14)19-16(20)15-6-4-5-12(2)18-15/h4-10,17H,3,11H2,1-2H3,(H,19,20). The van der Waals surface area contributed by atoms with Crippen LogP contribution in [0.4, 0.5) is 5.69 Å². The van der Waals surface area contributed by atoms with Crippen molar-refractivity contribution in [1.29, 1.82) is 0 Å². The number of benzene rings is 1. The normalized spacial score (nSPS) is 11.2. The number of hydrogen-bond donors (Lipinski definition) is 2. The van der Waals surface area contributed by atoms with E-state index in [1.807, 2.05) is 6.92 Å². The zero-order valence-electron chi connectivity index (χ0n) is 13.0. The number of anilines is 1. The van der Waals surface area contributed by atoms with Gasteiger partial charge < -0.3 is 5.32 Å². The molecule has 7 heteroatoms. The molecule has 0 unspecified atom stereocenters. The number of rotatable bonds is 6. The van der Waals surface area contributed by atoms with Crippen LogP contribution in [-0.2, 0) is 10.0 Å². The van der Waals surface area contributed by atoms with Gasteiger partial charge in [-0.2, -0.15) is 0 Å². The summed E-state index contributed by atoms with van der Waals surface area (Å²) >= 11 is 0. The lowest BCUT2D eigenvalue weighted by Gasteiger charge is -2.08. The van der Waals surface area contributed by atoms with Crippen LogP contribution in [0.2, 0.25) is 0 Å². The maximum absolute atomic E-state index is 12.1. The van der Waals surface area contributed by atoms with Crippen LogP contribution in [-0.4, -0.2) is 25.9 Å². The molecule has 0 saturated carbocycles. The van der Waals surface area contributed by atoms with Gasteiger partial charge in [0, 0.05) is 17.9 Å². The Morgan fingerprint density at radius 2 is 1.83 bits per heavy atom. The van der Waals surface area contributed by atoms with Crippen LogP contribution in [0.3, 0.4) is 0 Å². The third-order valence-electron chi connectivity index (χ3n) is 3.09. The summed E-state index contributed by atoms with van der Waals surface area (Å²) in [5, 5.41) is 2.69. The topological polar surface area (TPSA) is 88.2 Å². The second kappa shape index (κ2) is 7.34. The van der Waals surface area contributed by atoms with E-state index in [4.69, 9.17) is 0 Å². The molecule has 0 radical (unpaired) electrons. The first-order valence-electron chi connectivity index (χ1n) is 7.27. The van der Waals surface area contributed by atoms with Crippen molar-refractivity contribution in [3.8, 4) is 0 Å². The number of carbonyl (C=O) groups is 1. The molecule has 0 aliphatic rings. The zero-order chi connectivity index (χ0) is 16.9. The van der Waals surface area contributed by atoms with Gasteiger partial charge >= 0.3 is 0 Å². The van der Waals surface area contributed by atoms with E-state index in [-0.39, 0.29) is 10.8 Å². The van der Waals surface area contributed by atoms with Crippen LogP contribution >= 0.6 is 0 Å². The molecule has 0 spiro atoms. The highest BCUT2D eigenvalue weighted by Crippen LogP contribution is 2.14. The molecule has 1 aromatic heterocycles. The van der Waals surface area contributed by atoms with Gasteiger partial charge in [0.25, 0.3) is 5.91 Å². The Bertz CT molecular complexity index is 786. The van der Waals surface area contributed by atoms with Crippen molar-refractivity contribution in [1.82, 2.24) is 9.71 Å². The van der Waals surface area contributed by atoms with Crippen LogP contribution in [0, 0.1) is 6.92 Å². The summed E-state index contributed by atoms with van der Waals surface area (Å²) in [5.41, 5.74) is 1.57. The zero-order valence-corrected chi connectivity index (χ0v) is 13.9.